The first-order valence-electron chi connectivity index (χ1n) is 9.87. The molecule has 0 aromatic heterocycles. The number of nitrogens with zero attached hydrogens (tertiary/aromatic N) is 1. The van der Waals surface area contributed by atoms with Crippen molar-refractivity contribution in [2.75, 3.05) is 39.3 Å². The van der Waals surface area contributed by atoms with Gasteiger partial charge in [-0.2, -0.15) is 0 Å². The number of rotatable bonds is 11. The Morgan fingerprint density at radius 1 is 1.19 bits per heavy atom. The first-order chi connectivity index (χ1) is 12.5. The number of ether oxygens (including phenoxy) is 1. The molecule has 1 fully saturated rings. The lowest BCUT2D eigenvalue weighted by atomic mass is 10.0. The minimum Gasteiger partial charge on any atom is -0.488 e. The Balaban J connectivity index is 1.78. The van der Waals surface area contributed by atoms with Gasteiger partial charge in [0.1, 0.15) is 22.3 Å². The lowest BCUT2D eigenvalue weighted by Gasteiger charge is -2.32. The summed E-state index contributed by atoms with van der Waals surface area (Å²) in [7, 11) is -1.14. The molecule has 1 atom stereocenters. The largest absolute Gasteiger partial charge is 0.488 e. The average Bonchev–Trinajstić information content (AvgIpc) is 2.65. The molecule has 1 aromatic rings. The smallest absolute Gasteiger partial charge is 0.124 e. The minimum absolute atomic E-state index is 0.218. The molecule has 1 aliphatic rings. The first-order valence-corrected chi connectivity index (χ1v) is 11.0. The standard InChI is InChI=1S/C20H35N3O2S/c1-4-5-6-12-22-26(24)19-9-7-18(8-10-19)25-20(2,3)11-15-23-16-13-21-14-17-23/h7-10,21-22H,4-6,11-17H2,1-3H3. The third kappa shape index (κ3) is 7.74. The van der Waals surface area contributed by atoms with E-state index in [1.807, 2.05) is 24.3 Å². The Labute approximate surface area is 161 Å². The van der Waals surface area contributed by atoms with Gasteiger partial charge < -0.3 is 15.0 Å². The van der Waals surface area contributed by atoms with Crippen molar-refractivity contribution < 1.29 is 8.95 Å². The van der Waals surface area contributed by atoms with E-state index >= 15 is 0 Å². The highest BCUT2D eigenvalue weighted by atomic mass is 32.2. The number of nitrogens with one attached hydrogen (secondary N) is 2. The molecule has 1 unspecified atom stereocenters. The molecular formula is C20H35N3O2S. The fraction of sp³-hybridized carbons (Fsp3) is 0.700. The molecule has 148 valence electrons. The van der Waals surface area contributed by atoms with Crippen LogP contribution in [0.2, 0.25) is 0 Å². The van der Waals surface area contributed by atoms with Gasteiger partial charge in [-0.25, -0.2) is 8.93 Å². The maximum atomic E-state index is 12.2. The van der Waals surface area contributed by atoms with Crippen molar-refractivity contribution in [2.24, 2.45) is 0 Å². The molecule has 0 amide bonds. The van der Waals surface area contributed by atoms with E-state index in [1.54, 1.807) is 0 Å². The molecule has 0 spiro atoms. The molecule has 1 aromatic carbocycles. The van der Waals surface area contributed by atoms with Crippen LogP contribution in [0.25, 0.3) is 0 Å². The topological polar surface area (TPSA) is 53.6 Å². The van der Waals surface area contributed by atoms with E-state index in [4.69, 9.17) is 4.74 Å². The molecule has 2 rings (SSSR count). The molecule has 1 heterocycles. The number of benzene rings is 1. The van der Waals surface area contributed by atoms with E-state index in [1.165, 1.54) is 12.8 Å². The molecule has 0 bridgehead atoms. The predicted octanol–water partition coefficient (Wildman–Crippen LogP) is 2.94. The number of hydrogen-bond acceptors (Lipinski definition) is 4. The Kier molecular flexibility index (Phi) is 9.05. The third-order valence-corrected chi connectivity index (χ3v) is 5.85. The Hall–Kier alpha value is -0.950. The third-order valence-electron chi connectivity index (χ3n) is 4.69. The summed E-state index contributed by atoms with van der Waals surface area (Å²) in [4.78, 5) is 3.28. The molecule has 2 N–H and O–H groups in total. The molecule has 1 saturated heterocycles. The molecule has 26 heavy (non-hydrogen) atoms. The molecule has 5 nitrogen and oxygen atoms in total. The van der Waals surface area contributed by atoms with E-state index in [2.05, 4.69) is 35.7 Å². The normalized spacial score (nSPS) is 17.2. The molecule has 6 heteroatoms. The highest BCUT2D eigenvalue weighted by Crippen LogP contribution is 2.22. The molecular weight excluding hydrogens is 346 g/mol. The first kappa shape index (κ1) is 21.4. The van der Waals surface area contributed by atoms with Gasteiger partial charge >= 0.3 is 0 Å². The Morgan fingerprint density at radius 3 is 2.54 bits per heavy atom. The zero-order valence-electron chi connectivity index (χ0n) is 16.6. The SMILES string of the molecule is CCCCCNS(=O)c1ccc(OC(C)(C)CCN2CCNCC2)cc1. The number of piperazine rings is 1. The minimum atomic E-state index is -1.14. The maximum absolute atomic E-state index is 12.2. The van der Waals surface area contributed by atoms with Crippen LogP contribution in [-0.2, 0) is 11.0 Å². The lowest BCUT2D eigenvalue weighted by molar-refractivity contribution is 0.0808. The van der Waals surface area contributed by atoms with Crippen molar-refractivity contribution in [2.45, 2.75) is 57.0 Å². The van der Waals surface area contributed by atoms with Gasteiger partial charge in [-0.3, -0.25) is 0 Å². The van der Waals surface area contributed by atoms with Crippen LogP contribution in [0.5, 0.6) is 5.75 Å². The van der Waals surface area contributed by atoms with Gasteiger partial charge in [0.25, 0.3) is 0 Å². The molecule has 1 aliphatic heterocycles. The summed E-state index contributed by atoms with van der Waals surface area (Å²) < 4.78 is 21.5. The van der Waals surface area contributed by atoms with Crippen molar-refractivity contribution in [3.63, 3.8) is 0 Å². The van der Waals surface area contributed by atoms with Crippen molar-refractivity contribution in [3.05, 3.63) is 24.3 Å². The molecule has 0 aliphatic carbocycles. The second kappa shape index (κ2) is 11.0. The quantitative estimate of drug-likeness (QED) is 0.579. The summed E-state index contributed by atoms with van der Waals surface area (Å²) in [6, 6.07) is 7.64. The van der Waals surface area contributed by atoms with Gasteiger partial charge in [-0.05, 0) is 51.0 Å². The van der Waals surface area contributed by atoms with Gasteiger partial charge in [-0.1, -0.05) is 19.8 Å². The lowest BCUT2D eigenvalue weighted by Crippen LogP contribution is -2.45. The van der Waals surface area contributed by atoms with E-state index in [9.17, 15) is 4.21 Å². The zero-order chi connectivity index (χ0) is 18.8. The second-order valence-electron chi connectivity index (χ2n) is 7.54. The van der Waals surface area contributed by atoms with Gasteiger partial charge in [0, 0.05) is 39.3 Å². The van der Waals surface area contributed by atoms with Gasteiger partial charge in [0.05, 0.1) is 4.90 Å². The van der Waals surface area contributed by atoms with Crippen molar-refractivity contribution in [1.82, 2.24) is 14.9 Å². The van der Waals surface area contributed by atoms with Crippen LogP contribution in [0.1, 0.15) is 46.5 Å². The molecule has 0 saturated carbocycles. The van der Waals surface area contributed by atoms with E-state index in [0.717, 1.165) is 62.8 Å². The van der Waals surface area contributed by atoms with Crippen molar-refractivity contribution in [1.29, 1.82) is 0 Å². The van der Waals surface area contributed by atoms with Gasteiger partial charge in [-0.15, -0.1) is 0 Å². The van der Waals surface area contributed by atoms with Crippen LogP contribution in [0.4, 0.5) is 0 Å². The van der Waals surface area contributed by atoms with E-state index in [-0.39, 0.29) is 5.60 Å². The molecule has 0 radical (unpaired) electrons. The van der Waals surface area contributed by atoms with E-state index < -0.39 is 11.0 Å². The van der Waals surface area contributed by atoms with Crippen LogP contribution in [0.15, 0.2) is 29.2 Å². The Morgan fingerprint density at radius 2 is 1.88 bits per heavy atom. The van der Waals surface area contributed by atoms with Crippen LogP contribution in [0, 0.1) is 0 Å². The summed E-state index contributed by atoms with van der Waals surface area (Å²) in [5.74, 6) is 0.835. The van der Waals surface area contributed by atoms with Crippen LogP contribution in [0.3, 0.4) is 0 Å². The highest BCUT2D eigenvalue weighted by Gasteiger charge is 2.22. The Bertz CT molecular complexity index is 542. The van der Waals surface area contributed by atoms with Crippen LogP contribution in [-0.4, -0.2) is 54.0 Å². The fourth-order valence-electron chi connectivity index (χ4n) is 2.99. The summed E-state index contributed by atoms with van der Waals surface area (Å²) in [5, 5.41) is 3.38. The van der Waals surface area contributed by atoms with Crippen molar-refractivity contribution >= 4 is 11.0 Å². The second-order valence-corrected chi connectivity index (χ2v) is 8.84. The number of hydrogen-bond donors (Lipinski definition) is 2. The van der Waals surface area contributed by atoms with Gasteiger partial charge in [0.2, 0.25) is 0 Å². The predicted molar refractivity (Wildman–Crippen MR) is 109 cm³/mol. The van der Waals surface area contributed by atoms with Crippen LogP contribution < -0.4 is 14.8 Å². The highest BCUT2D eigenvalue weighted by molar-refractivity contribution is 7.83. The monoisotopic (exact) mass is 381 g/mol. The maximum Gasteiger partial charge on any atom is 0.124 e. The van der Waals surface area contributed by atoms with E-state index in [0.29, 0.717) is 0 Å². The zero-order valence-corrected chi connectivity index (χ0v) is 17.4. The summed E-state index contributed by atoms with van der Waals surface area (Å²) >= 11 is 0. The van der Waals surface area contributed by atoms with Crippen molar-refractivity contribution in [3.8, 4) is 5.75 Å². The van der Waals surface area contributed by atoms with Gasteiger partial charge in [0.15, 0.2) is 0 Å². The fourth-order valence-corrected chi connectivity index (χ4v) is 3.87. The number of unbranched alkanes of at least 4 members (excludes halogenated alkanes) is 2. The summed E-state index contributed by atoms with van der Waals surface area (Å²) in [6.07, 6.45) is 4.38. The summed E-state index contributed by atoms with van der Waals surface area (Å²) in [6.45, 7) is 12.7. The average molecular weight is 382 g/mol. The van der Waals surface area contributed by atoms with Crippen LogP contribution >= 0.6 is 0 Å². The summed E-state index contributed by atoms with van der Waals surface area (Å²) in [5.41, 5.74) is -0.218.